The summed E-state index contributed by atoms with van der Waals surface area (Å²) in [4.78, 5) is 16.2. The van der Waals surface area contributed by atoms with Crippen LogP contribution < -0.4 is 10.1 Å². The number of carbonyl (C=O) groups is 1. The number of hydrogen-bond donors (Lipinski definition) is 2. The maximum atomic E-state index is 12.3. The molecule has 0 atom stereocenters. The first-order valence-corrected chi connectivity index (χ1v) is 8.16. The smallest absolute Gasteiger partial charge is 0.244 e. The van der Waals surface area contributed by atoms with Crippen LogP contribution in [-0.4, -0.2) is 32.3 Å². The number of benzene rings is 1. The van der Waals surface area contributed by atoms with E-state index in [9.17, 15) is 4.79 Å². The predicted molar refractivity (Wildman–Crippen MR) is 96.9 cm³/mol. The van der Waals surface area contributed by atoms with E-state index in [0.29, 0.717) is 22.9 Å². The third-order valence-corrected chi connectivity index (χ3v) is 3.76. The van der Waals surface area contributed by atoms with Crippen LogP contribution in [0.3, 0.4) is 0 Å². The Morgan fingerprint density at radius 1 is 1.24 bits per heavy atom. The molecule has 0 bridgehead atoms. The number of anilines is 1. The normalized spacial score (nSPS) is 10.4. The van der Waals surface area contributed by atoms with Gasteiger partial charge < -0.3 is 10.1 Å². The van der Waals surface area contributed by atoms with E-state index < -0.39 is 0 Å². The Labute approximate surface area is 149 Å². The summed E-state index contributed by atoms with van der Waals surface area (Å²) in [7, 11) is 0. The van der Waals surface area contributed by atoms with Crippen molar-refractivity contribution in [1.29, 1.82) is 0 Å². The van der Waals surface area contributed by atoms with E-state index in [0.717, 1.165) is 11.3 Å². The molecule has 0 saturated carbocycles. The third-order valence-electron chi connectivity index (χ3n) is 3.45. The lowest BCUT2D eigenvalue weighted by atomic mass is 10.2. The average molecular weight is 355 g/mol. The maximum Gasteiger partial charge on any atom is 0.244 e. The highest BCUT2D eigenvalue weighted by Gasteiger charge is 2.12. The maximum absolute atomic E-state index is 12.3. The molecular formula is C17H17N5O2S. The van der Waals surface area contributed by atoms with Crippen molar-refractivity contribution in [2.75, 3.05) is 11.9 Å². The first-order chi connectivity index (χ1) is 12.2. The van der Waals surface area contributed by atoms with Crippen molar-refractivity contribution in [3.8, 4) is 17.1 Å². The van der Waals surface area contributed by atoms with Crippen LogP contribution in [0.15, 0.2) is 48.8 Å². The molecule has 0 aliphatic carbocycles. The lowest BCUT2D eigenvalue weighted by Crippen LogP contribution is -2.19. The molecule has 0 unspecified atom stereocenters. The summed E-state index contributed by atoms with van der Waals surface area (Å²) in [6, 6.07) is 10.9. The van der Waals surface area contributed by atoms with Gasteiger partial charge in [-0.3, -0.25) is 19.4 Å². The lowest BCUT2D eigenvalue weighted by molar-refractivity contribution is -0.116. The van der Waals surface area contributed by atoms with Crippen molar-refractivity contribution in [3.05, 3.63) is 53.6 Å². The number of aromatic amines is 1. The monoisotopic (exact) mass is 355 g/mol. The summed E-state index contributed by atoms with van der Waals surface area (Å²) in [5.41, 5.74) is 1.52. The lowest BCUT2D eigenvalue weighted by Gasteiger charge is -2.09. The molecule has 3 aromatic rings. The zero-order valence-electron chi connectivity index (χ0n) is 13.6. The summed E-state index contributed by atoms with van der Waals surface area (Å²) in [6.45, 7) is 2.59. The first kappa shape index (κ1) is 16.8. The summed E-state index contributed by atoms with van der Waals surface area (Å²) in [5.74, 6) is 1.18. The highest BCUT2D eigenvalue weighted by Crippen LogP contribution is 2.21. The number of nitrogens with zero attached hydrogens (tertiary/aromatic N) is 3. The third kappa shape index (κ3) is 4.10. The minimum Gasteiger partial charge on any atom is -0.494 e. The van der Waals surface area contributed by atoms with Crippen LogP contribution >= 0.6 is 12.2 Å². The number of rotatable bonds is 6. The standard InChI is InChI=1S/C17H17N5O2S/c1-2-24-14-5-3-12(4-6-14)16-20-21-17(25)22(16)11-15(23)19-13-7-9-18-10-8-13/h3-10H,2,11H2,1H3,(H,21,25)(H,18,19,23). The van der Waals surface area contributed by atoms with Crippen LogP contribution in [0, 0.1) is 4.77 Å². The quantitative estimate of drug-likeness (QED) is 0.664. The summed E-state index contributed by atoms with van der Waals surface area (Å²) in [6.07, 6.45) is 3.23. The minimum absolute atomic E-state index is 0.0558. The Morgan fingerprint density at radius 2 is 1.96 bits per heavy atom. The Kier molecular flexibility index (Phi) is 5.20. The molecule has 0 saturated heterocycles. The van der Waals surface area contributed by atoms with Crippen LogP contribution in [0.4, 0.5) is 5.69 Å². The molecule has 0 aliphatic heterocycles. The van der Waals surface area contributed by atoms with Gasteiger partial charge in [0.05, 0.1) is 6.61 Å². The highest BCUT2D eigenvalue weighted by atomic mass is 32.1. The molecule has 25 heavy (non-hydrogen) atoms. The van der Waals surface area contributed by atoms with Gasteiger partial charge in [-0.25, -0.2) is 0 Å². The molecule has 8 heteroatoms. The van der Waals surface area contributed by atoms with Crippen LogP contribution in [0.25, 0.3) is 11.4 Å². The van der Waals surface area contributed by atoms with Crippen LogP contribution in [0.2, 0.25) is 0 Å². The Bertz CT molecular complexity index is 903. The molecule has 2 aromatic heterocycles. The highest BCUT2D eigenvalue weighted by molar-refractivity contribution is 7.71. The SMILES string of the molecule is CCOc1ccc(-c2n[nH]c(=S)n2CC(=O)Nc2ccncc2)cc1. The molecule has 3 rings (SSSR count). The van der Waals surface area contributed by atoms with E-state index in [1.807, 2.05) is 31.2 Å². The minimum atomic E-state index is -0.198. The number of amides is 1. The zero-order chi connectivity index (χ0) is 17.6. The van der Waals surface area contributed by atoms with Crippen molar-refractivity contribution < 1.29 is 9.53 Å². The van der Waals surface area contributed by atoms with Gasteiger partial charge in [0, 0.05) is 23.6 Å². The summed E-state index contributed by atoms with van der Waals surface area (Å²) < 4.78 is 7.48. The molecule has 0 spiro atoms. The number of ether oxygens (including phenoxy) is 1. The van der Waals surface area contributed by atoms with Crippen molar-refractivity contribution in [2.45, 2.75) is 13.5 Å². The Hall–Kier alpha value is -3.00. The molecule has 1 aromatic carbocycles. The van der Waals surface area contributed by atoms with Gasteiger partial charge in [-0.1, -0.05) is 0 Å². The molecule has 0 fully saturated rings. The molecule has 0 aliphatic rings. The second-order valence-electron chi connectivity index (χ2n) is 5.18. The Morgan fingerprint density at radius 3 is 2.64 bits per heavy atom. The topological polar surface area (TPSA) is 84.8 Å². The van der Waals surface area contributed by atoms with Gasteiger partial charge in [-0.15, -0.1) is 0 Å². The van der Waals surface area contributed by atoms with E-state index in [2.05, 4.69) is 20.5 Å². The average Bonchev–Trinajstić information content (AvgIpc) is 2.97. The number of pyridine rings is 1. The van der Waals surface area contributed by atoms with Crippen molar-refractivity contribution in [2.24, 2.45) is 0 Å². The molecule has 1 amide bonds. The number of hydrogen-bond acceptors (Lipinski definition) is 5. The van der Waals surface area contributed by atoms with E-state index in [4.69, 9.17) is 17.0 Å². The molecule has 7 nitrogen and oxygen atoms in total. The fraction of sp³-hybridized carbons (Fsp3) is 0.176. The first-order valence-electron chi connectivity index (χ1n) is 7.75. The number of H-pyrrole nitrogens is 1. The van der Waals surface area contributed by atoms with Crippen molar-refractivity contribution in [1.82, 2.24) is 19.7 Å². The van der Waals surface area contributed by atoms with Gasteiger partial charge >= 0.3 is 0 Å². The largest absolute Gasteiger partial charge is 0.494 e. The van der Waals surface area contributed by atoms with Gasteiger partial charge in [0.1, 0.15) is 12.3 Å². The van der Waals surface area contributed by atoms with Gasteiger partial charge in [0.2, 0.25) is 5.91 Å². The zero-order valence-corrected chi connectivity index (χ0v) is 14.4. The molecule has 2 N–H and O–H groups in total. The van der Waals surface area contributed by atoms with Gasteiger partial charge in [-0.2, -0.15) is 5.10 Å². The second kappa shape index (κ2) is 7.71. The van der Waals surface area contributed by atoms with Gasteiger partial charge in [0.15, 0.2) is 10.6 Å². The van der Waals surface area contributed by atoms with Crippen LogP contribution in [0.1, 0.15) is 6.92 Å². The number of aromatic nitrogens is 4. The molecule has 0 radical (unpaired) electrons. The fourth-order valence-electron chi connectivity index (χ4n) is 2.33. The molecule has 128 valence electrons. The van der Waals surface area contributed by atoms with Crippen LogP contribution in [-0.2, 0) is 11.3 Å². The predicted octanol–water partition coefficient (Wildman–Crippen LogP) is 3.04. The van der Waals surface area contributed by atoms with Crippen LogP contribution in [0.5, 0.6) is 5.75 Å². The second-order valence-corrected chi connectivity index (χ2v) is 5.57. The summed E-state index contributed by atoms with van der Waals surface area (Å²) in [5, 5.41) is 9.78. The Balaban J connectivity index is 1.79. The van der Waals surface area contributed by atoms with Gasteiger partial charge in [0.25, 0.3) is 0 Å². The van der Waals surface area contributed by atoms with Crippen molar-refractivity contribution in [3.63, 3.8) is 0 Å². The molecule has 2 heterocycles. The van der Waals surface area contributed by atoms with E-state index in [1.54, 1.807) is 29.1 Å². The van der Waals surface area contributed by atoms with E-state index >= 15 is 0 Å². The fourth-order valence-corrected chi connectivity index (χ4v) is 2.53. The van der Waals surface area contributed by atoms with Gasteiger partial charge in [-0.05, 0) is 55.5 Å². The molecular weight excluding hydrogens is 338 g/mol. The van der Waals surface area contributed by atoms with Crippen molar-refractivity contribution >= 4 is 23.8 Å². The van der Waals surface area contributed by atoms with E-state index in [1.165, 1.54) is 0 Å². The summed E-state index contributed by atoms with van der Waals surface area (Å²) >= 11 is 5.25. The number of carbonyl (C=O) groups excluding carboxylic acids is 1. The number of nitrogens with one attached hydrogen (secondary N) is 2. The van der Waals surface area contributed by atoms with E-state index in [-0.39, 0.29) is 12.5 Å².